The first kappa shape index (κ1) is 15.0. The van der Waals surface area contributed by atoms with Gasteiger partial charge in [-0.2, -0.15) is 0 Å². The lowest BCUT2D eigenvalue weighted by atomic mass is 9.74. The second-order valence-electron chi connectivity index (χ2n) is 6.87. The molecule has 0 saturated carbocycles. The molecule has 25 heavy (non-hydrogen) atoms. The Morgan fingerprint density at radius 2 is 1.80 bits per heavy atom. The van der Waals surface area contributed by atoms with Crippen LogP contribution < -0.4 is 4.74 Å². The van der Waals surface area contributed by atoms with Gasteiger partial charge < -0.3 is 9.47 Å². The van der Waals surface area contributed by atoms with Gasteiger partial charge in [0, 0.05) is 46.9 Å². The fourth-order valence-corrected chi connectivity index (χ4v) is 4.37. The molecule has 0 amide bonds. The highest BCUT2D eigenvalue weighted by Crippen LogP contribution is 2.55. The van der Waals surface area contributed by atoms with E-state index in [0.29, 0.717) is 17.9 Å². The quantitative estimate of drug-likeness (QED) is 0.716. The number of hydrogen-bond acceptors (Lipinski definition) is 3. The lowest BCUT2D eigenvalue weighted by Gasteiger charge is -2.48. The molecule has 3 nitrogen and oxygen atoms in total. The molecule has 2 aromatic carbocycles. The van der Waals surface area contributed by atoms with Crippen LogP contribution in [0.4, 0.5) is 0 Å². The molecule has 2 aliphatic heterocycles. The molecule has 2 heterocycles. The maximum absolute atomic E-state index is 12.6. The second-order valence-corrected chi connectivity index (χ2v) is 7.31. The van der Waals surface area contributed by atoms with Gasteiger partial charge >= 0.3 is 0 Å². The monoisotopic (exact) mass is 352 g/mol. The number of allylic oxidation sites excluding steroid dienone is 2. The molecule has 126 valence electrons. The van der Waals surface area contributed by atoms with Crippen molar-refractivity contribution in [1.82, 2.24) is 0 Å². The number of carbonyl (C=O) groups is 1. The lowest BCUT2D eigenvalue weighted by molar-refractivity contribution is -0.193. The van der Waals surface area contributed by atoms with Crippen LogP contribution in [0.15, 0.2) is 59.9 Å². The maximum Gasteiger partial charge on any atom is 0.278 e. The molecule has 1 aliphatic carbocycles. The van der Waals surface area contributed by atoms with Crippen LogP contribution in [0.5, 0.6) is 5.75 Å². The zero-order valence-electron chi connectivity index (χ0n) is 13.6. The Labute approximate surface area is 151 Å². The van der Waals surface area contributed by atoms with Gasteiger partial charge in [0.05, 0.1) is 0 Å². The highest BCUT2D eigenvalue weighted by Gasteiger charge is 2.52. The summed E-state index contributed by atoms with van der Waals surface area (Å²) in [6.07, 6.45) is 2.84. The van der Waals surface area contributed by atoms with Crippen molar-refractivity contribution in [2.45, 2.75) is 37.4 Å². The molecule has 0 unspecified atom stereocenters. The van der Waals surface area contributed by atoms with Gasteiger partial charge in [-0.05, 0) is 36.8 Å². The van der Waals surface area contributed by atoms with Crippen LogP contribution in [-0.4, -0.2) is 5.78 Å². The van der Waals surface area contributed by atoms with E-state index >= 15 is 0 Å². The van der Waals surface area contributed by atoms with E-state index in [0.717, 1.165) is 41.1 Å². The summed E-state index contributed by atoms with van der Waals surface area (Å²) in [7, 11) is 0. The first-order chi connectivity index (χ1) is 12.2. The number of Topliss-reactive ketones (excluding diaryl/α,β-unsaturated/α-hetero) is 1. The van der Waals surface area contributed by atoms with Crippen LogP contribution in [0, 0.1) is 0 Å². The van der Waals surface area contributed by atoms with Gasteiger partial charge in [-0.1, -0.05) is 29.8 Å². The number of para-hydroxylation sites is 1. The van der Waals surface area contributed by atoms with Gasteiger partial charge in [-0.25, -0.2) is 0 Å². The third-order valence-electron chi connectivity index (χ3n) is 5.37. The largest absolute Gasteiger partial charge is 0.452 e. The Kier molecular flexibility index (Phi) is 3.23. The first-order valence-corrected chi connectivity index (χ1v) is 9.03. The Bertz CT molecular complexity index is 900. The molecule has 2 bridgehead atoms. The van der Waals surface area contributed by atoms with E-state index in [2.05, 4.69) is 6.07 Å². The molecule has 2 atom stereocenters. The summed E-state index contributed by atoms with van der Waals surface area (Å²) in [4.78, 5) is 12.6. The first-order valence-electron chi connectivity index (χ1n) is 8.65. The van der Waals surface area contributed by atoms with E-state index in [1.54, 1.807) is 0 Å². The number of benzene rings is 2. The predicted octanol–water partition coefficient (Wildman–Crippen LogP) is 5.10. The Hall–Kier alpha value is -2.26. The van der Waals surface area contributed by atoms with E-state index in [1.165, 1.54) is 0 Å². The van der Waals surface area contributed by atoms with Crippen LogP contribution >= 0.6 is 11.6 Å². The number of halogens is 1. The third kappa shape index (κ3) is 2.22. The zero-order chi connectivity index (χ0) is 17.0. The number of ether oxygens (including phenoxy) is 2. The molecular weight excluding hydrogens is 336 g/mol. The summed E-state index contributed by atoms with van der Waals surface area (Å²) in [6.45, 7) is 0. The van der Waals surface area contributed by atoms with Crippen molar-refractivity contribution in [2.24, 2.45) is 0 Å². The average Bonchev–Trinajstić information content (AvgIpc) is 2.62. The van der Waals surface area contributed by atoms with E-state index in [4.69, 9.17) is 21.1 Å². The number of ketones is 1. The van der Waals surface area contributed by atoms with Gasteiger partial charge in [0.2, 0.25) is 0 Å². The fourth-order valence-electron chi connectivity index (χ4n) is 4.25. The van der Waals surface area contributed by atoms with Crippen LogP contribution in [0.3, 0.4) is 0 Å². The summed E-state index contributed by atoms with van der Waals surface area (Å²) in [5, 5.41) is 0.677. The van der Waals surface area contributed by atoms with Crippen molar-refractivity contribution < 1.29 is 14.3 Å². The Morgan fingerprint density at radius 3 is 2.64 bits per heavy atom. The molecule has 3 aliphatic rings. The molecule has 0 aromatic heterocycles. The summed E-state index contributed by atoms with van der Waals surface area (Å²) in [5.41, 5.74) is 2.87. The number of hydrogen-bond donors (Lipinski definition) is 0. The van der Waals surface area contributed by atoms with Gasteiger partial charge in [0.15, 0.2) is 5.78 Å². The predicted molar refractivity (Wildman–Crippen MR) is 94.5 cm³/mol. The van der Waals surface area contributed by atoms with Gasteiger partial charge in [0.1, 0.15) is 11.5 Å². The molecule has 0 saturated heterocycles. The van der Waals surface area contributed by atoms with Gasteiger partial charge in [-0.3, -0.25) is 4.79 Å². The van der Waals surface area contributed by atoms with Crippen LogP contribution in [0.2, 0.25) is 5.02 Å². The molecule has 0 fully saturated rings. The van der Waals surface area contributed by atoms with Crippen LogP contribution in [-0.2, 0) is 15.3 Å². The number of rotatable bonds is 1. The number of carbonyl (C=O) groups excluding carboxylic acids is 1. The van der Waals surface area contributed by atoms with Crippen LogP contribution in [0.25, 0.3) is 0 Å². The van der Waals surface area contributed by atoms with Crippen LogP contribution in [0.1, 0.15) is 42.7 Å². The van der Waals surface area contributed by atoms with E-state index in [1.807, 2.05) is 42.5 Å². The molecular formula is C21H17ClO3. The van der Waals surface area contributed by atoms with Crippen molar-refractivity contribution >= 4 is 17.4 Å². The Morgan fingerprint density at radius 1 is 1.00 bits per heavy atom. The normalized spacial score (nSPS) is 27.1. The Balaban J connectivity index is 1.72. The highest BCUT2D eigenvalue weighted by atomic mass is 35.5. The molecule has 2 aromatic rings. The van der Waals surface area contributed by atoms with E-state index in [9.17, 15) is 4.79 Å². The molecule has 0 spiro atoms. The second kappa shape index (κ2) is 5.37. The van der Waals surface area contributed by atoms with Crippen molar-refractivity contribution in [3.8, 4) is 5.75 Å². The summed E-state index contributed by atoms with van der Waals surface area (Å²) in [5.74, 6) is 0.945. The van der Waals surface area contributed by atoms with Gasteiger partial charge in [0.25, 0.3) is 5.79 Å². The minimum atomic E-state index is -0.889. The lowest BCUT2D eigenvalue weighted by Crippen LogP contribution is -2.46. The third-order valence-corrected chi connectivity index (χ3v) is 5.62. The molecule has 0 N–H and O–H groups in total. The maximum atomic E-state index is 12.6. The standard InChI is InChI=1S/C21H17ClO3/c22-14-10-8-13(9-11-14)21-12-16(15-4-1-2-6-18(15)24-21)20-17(23)5-3-7-19(20)25-21/h1-2,4,6,8-11,16H,3,5,7,12H2/t16-,21-/m0/s1. The highest BCUT2D eigenvalue weighted by molar-refractivity contribution is 6.30. The van der Waals surface area contributed by atoms with E-state index < -0.39 is 5.79 Å². The zero-order valence-corrected chi connectivity index (χ0v) is 14.4. The summed E-state index contributed by atoms with van der Waals surface area (Å²) in [6, 6.07) is 15.6. The minimum Gasteiger partial charge on any atom is -0.452 e. The topological polar surface area (TPSA) is 35.5 Å². The van der Waals surface area contributed by atoms with Crippen molar-refractivity contribution in [3.05, 3.63) is 76.0 Å². The minimum absolute atomic E-state index is 0.0252. The van der Waals surface area contributed by atoms with E-state index in [-0.39, 0.29) is 11.7 Å². The SMILES string of the molecule is O=C1CCCC2=C1[C@H]1C[C@@](c3ccc(Cl)cc3)(O2)Oc2ccccc21. The fraction of sp³-hybridized carbons (Fsp3) is 0.286. The number of fused-ring (bicyclic) bond motifs is 5. The molecule has 4 heteroatoms. The van der Waals surface area contributed by atoms with Crippen molar-refractivity contribution in [2.75, 3.05) is 0 Å². The van der Waals surface area contributed by atoms with Crippen molar-refractivity contribution in [1.29, 1.82) is 0 Å². The smallest absolute Gasteiger partial charge is 0.278 e. The van der Waals surface area contributed by atoms with Crippen molar-refractivity contribution in [3.63, 3.8) is 0 Å². The van der Waals surface area contributed by atoms with Gasteiger partial charge in [-0.15, -0.1) is 0 Å². The summed E-state index contributed by atoms with van der Waals surface area (Å²) >= 11 is 6.06. The molecule has 5 rings (SSSR count). The summed E-state index contributed by atoms with van der Waals surface area (Å²) < 4.78 is 12.8. The average molecular weight is 353 g/mol. The molecule has 0 radical (unpaired) electrons.